The quantitative estimate of drug-likeness (QED) is 0.315. The Morgan fingerprint density at radius 1 is 1.09 bits per heavy atom. The lowest BCUT2D eigenvalue weighted by Crippen LogP contribution is -2.61. The van der Waals surface area contributed by atoms with Gasteiger partial charge in [-0.15, -0.1) is 0 Å². The van der Waals surface area contributed by atoms with Crippen LogP contribution in [0, 0.1) is 51.2 Å². The molecule has 0 aromatic rings. The maximum absolute atomic E-state index is 12.2. The van der Waals surface area contributed by atoms with Crippen LogP contribution in [0.1, 0.15) is 106 Å². The van der Waals surface area contributed by atoms with Crippen LogP contribution in [-0.4, -0.2) is 13.1 Å². The first-order valence-corrected chi connectivity index (χ1v) is 13.8. The number of carbonyl (C=O) groups excluding carboxylic acids is 1. The first-order valence-electron chi connectivity index (χ1n) is 13.8. The average Bonchev–Trinajstić information content (AvgIpc) is 2.76. The van der Waals surface area contributed by atoms with Crippen molar-refractivity contribution in [1.29, 1.82) is 0 Å². The number of hydrogen-bond donors (Lipinski definition) is 0. The van der Waals surface area contributed by atoms with E-state index < -0.39 is 0 Å². The molecule has 0 bridgehead atoms. The normalized spacial score (nSPS) is 49.2. The Morgan fingerprint density at radius 3 is 2.42 bits per heavy atom. The Bertz CT molecular complexity index is 840. The SMILES string of the molecule is C=C(C)[C@@H]1CC[C@]2(C)[C@H](CC=C3[C@@H]4[C@@H](C)[C@H](C)CC[C@]4(C)CC[C@]32C)[C@@]1(C)CCC(=O)OC. The second kappa shape index (κ2) is 8.27. The third kappa shape index (κ3) is 3.51. The molecule has 3 saturated carbocycles. The summed E-state index contributed by atoms with van der Waals surface area (Å²) in [6.45, 7) is 22.0. The van der Waals surface area contributed by atoms with Crippen molar-refractivity contribution in [3.63, 3.8) is 0 Å². The van der Waals surface area contributed by atoms with E-state index in [2.05, 4.69) is 61.1 Å². The summed E-state index contributed by atoms with van der Waals surface area (Å²) in [7, 11) is 1.52. The number of methoxy groups -OCH3 is 1. The smallest absolute Gasteiger partial charge is 0.305 e. The molecule has 33 heavy (non-hydrogen) atoms. The summed E-state index contributed by atoms with van der Waals surface area (Å²) in [4.78, 5) is 12.2. The standard InChI is InChI=1S/C31H50O2/c1-20(2)23-13-17-31(8)25(29(23,6)16-14-26(32)33-9)11-10-24-27-22(4)21(3)12-15-28(27,5)18-19-30(24,31)7/h10,21-23,25,27H,1,11-19H2,2-9H3/t21-,22+,23+,25-,27+,28-,29+,30-,31-/m1/s1. The molecule has 0 saturated heterocycles. The monoisotopic (exact) mass is 454 g/mol. The highest BCUT2D eigenvalue weighted by Gasteiger charge is 2.65. The van der Waals surface area contributed by atoms with E-state index in [0.29, 0.717) is 23.7 Å². The molecule has 2 nitrogen and oxygen atoms in total. The molecule has 0 radical (unpaired) electrons. The molecule has 0 N–H and O–H groups in total. The van der Waals surface area contributed by atoms with E-state index in [4.69, 9.17) is 4.74 Å². The van der Waals surface area contributed by atoms with E-state index in [1.807, 2.05) is 5.57 Å². The lowest BCUT2D eigenvalue weighted by molar-refractivity contribution is -0.152. The van der Waals surface area contributed by atoms with E-state index >= 15 is 0 Å². The second-order valence-corrected chi connectivity index (χ2v) is 13.7. The number of hydrogen-bond acceptors (Lipinski definition) is 2. The van der Waals surface area contributed by atoms with Crippen molar-refractivity contribution in [1.82, 2.24) is 0 Å². The molecule has 0 unspecified atom stereocenters. The molecule has 3 fully saturated rings. The first-order chi connectivity index (χ1) is 15.3. The van der Waals surface area contributed by atoms with Gasteiger partial charge >= 0.3 is 5.97 Å². The third-order valence-corrected chi connectivity index (χ3v) is 12.4. The Labute approximate surface area is 204 Å². The van der Waals surface area contributed by atoms with Crippen LogP contribution < -0.4 is 0 Å². The minimum Gasteiger partial charge on any atom is -0.469 e. The van der Waals surface area contributed by atoms with Crippen LogP contribution in [-0.2, 0) is 9.53 Å². The number of rotatable bonds is 4. The van der Waals surface area contributed by atoms with Crippen LogP contribution in [0.4, 0.5) is 0 Å². The van der Waals surface area contributed by atoms with Crippen LogP contribution in [0.2, 0.25) is 0 Å². The van der Waals surface area contributed by atoms with E-state index in [0.717, 1.165) is 30.6 Å². The highest BCUT2D eigenvalue weighted by atomic mass is 16.5. The minimum absolute atomic E-state index is 0.0688. The van der Waals surface area contributed by atoms with Crippen LogP contribution in [0.3, 0.4) is 0 Å². The number of carbonyl (C=O) groups is 1. The second-order valence-electron chi connectivity index (χ2n) is 13.7. The van der Waals surface area contributed by atoms with Crippen LogP contribution in [0.15, 0.2) is 23.8 Å². The molecule has 0 heterocycles. The number of esters is 1. The van der Waals surface area contributed by atoms with E-state index in [-0.39, 0.29) is 22.2 Å². The molecule has 4 rings (SSSR count). The van der Waals surface area contributed by atoms with Gasteiger partial charge in [-0.05, 0) is 110 Å². The van der Waals surface area contributed by atoms with Crippen molar-refractivity contribution in [2.45, 2.75) is 106 Å². The number of allylic oxidation sites excluding steroid dienone is 3. The predicted molar refractivity (Wildman–Crippen MR) is 138 cm³/mol. The van der Waals surface area contributed by atoms with Gasteiger partial charge in [-0.2, -0.15) is 0 Å². The Kier molecular flexibility index (Phi) is 6.28. The van der Waals surface area contributed by atoms with Gasteiger partial charge in [0.05, 0.1) is 7.11 Å². The number of fused-ring (bicyclic) bond motifs is 5. The van der Waals surface area contributed by atoms with Crippen LogP contribution >= 0.6 is 0 Å². The van der Waals surface area contributed by atoms with E-state index in [1.54, 1.807) is 0 Å². The molecule has 4 aliphatic rings. The Balaban J connectivity index is 1.78. The van der Waals surface area contributed by atoms with Gasteiger partial charge in [0.1, 0.15) is 0 Å². The molecule has 0 aromatic carbocycles. The first kappa shape index (κ1) is 25.1. The maximum atomic E-state index is 12.2. The Hall–Kier alpha value is -1.05. The van der Waals surface area contributed by atoms with Gasteiger partial charge < -0.3 is 4.74 Å². The lowest BCUT2D eigenvalue weighted by atomic mass is 9.35. The summed E-state index contributed by atoms with van der Waals surface area (Å²) in [6, 6.07) is 0. The summed E-state index contributed by atoms with van der Waals surface area (Å²) >= 11 is 0. The van der Waals surface area contributed by atoms with Crippen LogP contribution in [0.5, 0.6) is 0 Å². The molecule has 186 valence electrons. The zero-order chi connectivity index (χ0) is 24.4. The van der Waals surface area contributed by atoms with Gasteiger partial charge in [-0.1, -0.05) is 65.3 Å². The highest BCUT2D eigenvalue weighted by Crippen LogP contribution is 2.74. The predicted octanol–water partition coefficient (Wildman–Crippen LogP) is 8.37. The lowest BCUT2D eigenvalue weighted by Gasteiger charge is -2.69. The van der Waals surface area contributed by atoms with Crippen molar-refractivity contribution in [3.8, 4) is 0 Å². The molecule has 0 amide bonds. The zero-order valence-electron chi connectivity index (χ0n) is 22.9. The zero-order valence-corrected chi connectivity index (χ0v) is 22.9. The fourth-order valence-electron chi connectivity index (χ4n) is 9.85. The summed E-state index contributed by atoms with van der Waals surface area (Å²) in [5, 5.41) is 0. The maximum Gasteiger partial charge on any atom is 0.305 e. The largest absolute Gasteiger partial charge is 0.469 e. The van der Waals surface area contributed by atoms with Gasteiger partial charge in [-0.3, -0.25) is 4.79 Å². The summed E-state index contributed by atoms with van der Waals surface area (Å²) < 4.78 is 5.07. The molecule has 2 heteroatoms. The molecule has 4 aliphatic carbocycles. The van der Waals surface area contributed by atoms with Gasteiger partial charge in [0.15, 0.2) is 0 Å². The summed E-state index contributed by atoms with van der Waals surface area (Å²) in [5.74, 6) is 3.33. The summed E-state index contributed by atoms with van der Waals surface area (Å²) in [5.41, 5.74) is 4.22. The topological polar surface area (TPSA) is 26.3 Å². The minimum atomic E-state index is -0.0688. The van der Waals surface area contributed by atoms with Crippen LogP contribution in [0.25, 0.3) is 0 Å². The fraction of sp³-hybridized carbons (Fsp3) is 0.839. The van der Waals surface area contributed by atoms with E-state index in [9.17, 15) is 4.79 Å². The molecule has 9 atom stereocenters. The van der Waals surface area contributed by atoms with Crippen molar-refractivity contribution in [2.24, 2.45) is 51.2 Å². The number of ether oxygens (including phenoxy) is 1. The van der Waals surface area contributed by atoms with Gasteiger partial charge in [-0.25, -0.2) is 0 Å². The van der Waals surface area contributed by atoms with Gasteiger partial charge in [0, 0.05) is 6.42 Å². The van der Waals surface area contributed by atoms with Crippen molar-refractivity contribution in [2.75, 3.05) is 7.11 Å². The summed E-state index contributed by atoms with van der Waals surface area (Å²) in [6.07, 6.45) is 13.3. The molecule has 0 aromatic heterocycles. The molecule has 0 aliphatic heterocycles. The molecular weight excluding hydrogens is 404 g/mol. The Morgan fingerprint density at radius 2 is 1.79 bits per heavy atom. The third-order valence-electron chi connectivity index (χ3n) is 12.4. The van der Waals surface area contributed by atoms with Crippen molar-refractivity contribution >= 4 is 5.97 Å². The van der Waals surface area contributed by atoms with Crippen molar-refractivity contribution in [3.05, 3.63) is 23.8 Å². The molecule has 0 spiro atoms. The van der Waals surface area contributed by atoms with Crippen molar-refractivity contribution < 1.29 is 9.53 Å². The average molecular weight is 455 g/mol. The highest BCUT2D eigenvalue weighted by molar-refractivity contribution is 5.69. The molecular formula is C31H50O2. The van der Waals surface area contributed by atoms with Gasteiger partial charge in [0.25, 0.3) is 0 Å². The van der Waals surface area contributed by atoms with Gasteiger partial charge in [0.2, 0.25) is 0 Å². The van der Waals surface area contributed by atoms with E-state index in [1.165, 1.54) is 51.2 Å². The fourth-order valence-corrected chi connectivity index (χ4v) is 9.85.